The van der Waals surface area contributed by atoms with Gasteiger partial charge in [-0.05, 0) is 48.7 Å². The Labute approximate surface area is 180 Å². The molecule has 0 fully saturated rings. The molecule has 31 heavy (non-hydrogen) atoms. The standard InChI is InChI=1S/C25H22FN3O2/c1-3-20(30)9-7-17-5-4-6-19(15-17)28-25-27-12-11-23(29-25)31-22-10-8-18-13-16(2)14-21(18)24(22)26/h4-12,14-15H,3,13H2,1-2H3,(H,27,28,29)/b9-7+. The van der Waals surface area contributed by atoms with Crippen molar-refractivity contribution in [3.05, 3.63) is 82.8 Å². The summed E-state index contributed by atoms with van der Waals surface area (Å²) in [4.78, 5) is 20.0. The molecule has 1 aliphatic carbocycles. The zero-order valence-electron chi connectivity index (χ0n) is 17.4. The predicted octanol–water partition coefficient (Wildman–Crippen LogP) is 6.10. The number of rotatable bonds is 7. The highest BCUT2D eigenvalue weighted by atomic mass is 19.1. The van der Waals surface area contributed by atoms with Crippen LogP contribution in [0.5, 0.6) is 11.6 Å². The number of hydrogen-bond acceptors (Lipinski definition) is 5. The summed E-state index contributed by atoms with van der Waals surface area (Å²) in [6.07, 6.45) is 7.95. The van der Waals surface area contributed by atoms with Crippen molar-refractivity contribution in [1.82, 2.24) is 9.97 Å². The Morgan fingerprint density at radius 3 is 2.97 bits per heavy atom. The average Bonchev–Trinajstić information content (AvgIpc) is 3.16. The first-order chi connectivity index (χ1) is 15.0. The van der Waals surface area contributed by atoms with Crippen molar-refractivity contribution in [3.63, 3.8) is 0 Å². The van der Waals surface area contributed by atoms with Crippen LogP contribution in [0.3, 0.4) is 0 Å². The van der Waals surface area contributed by atoms with Gasteiger partial charge in [0.25, 0.3) is 0 Å². The summed E-state index contributed by atoms with van der Waals surface area (Å²) in [5.74, 6) is 0.363. The second kappa shape index (κ2) is 8.92. The molecular weight excluding hydrogens is 393 g/mol. The quantitative estimate of drug-likeness (QED) is 0.472. The molecule has 0 atom stereocenters. The van der Waals surface area contributed by atoms with E-state index in [2.05, 4.69) is 15.3 Å². The fourth-order valence-electron chi connectivity index (χ4n) is 3.33. The lowest BCUT2D eigenvalue weighted by Gasteiger charge is -2.10. The number of aromatic nitrogens is 2. The molecule has 1 N–H and O–H groups in total. The number of allylic oxidation sites excluding steroid dienone is 2. The van der Waals surface area contributed by atoms with Crippen molar-refractivity contribution in [1.29, 1.82) is 0 Å². The molecule has 0 aliphatic heterocycles. The fraction of sp³-hybridized carbons (Fsp3) is 0.160. The SMILES string of the molecule is CCC(=O)/C=C/c1cccc(Nc2nccc(Oc3ccc4c(c3F)C=C(C)C4)n2)c1. The van der Waals surface area contributed by atoms with Gasteiger partial charge in [-0.2, -0.15) is 4.98 Å². The summed E-state index contributed by atoms with van der Waals surface area (Å²) in [6.45, 7) is 3.80. The molecule has 1 aromatic heterocycles. The second-order valence-electron chi connectivity index (χ2n) is 7.34. The number of nitrogens with zero attached hydrogens (tertiary/aromatic N) is 2. The van der Waals surface area contributed by atoms with E-state index in [4.69, 9.17) is 4.74 Å². The van der Waals surface area contributed by atoms with Gasteiger partial charge in [0.1, 0.15) is 0 Å². The number of nitrogens with one attached hydrogen (secondary N) is 1. The number of benzene rings is 2. The van der Waals surface area contributed by atoms with Gasteiger partial charge in [0.2, 0.25) is 11.8 Å². The summed E-state index contributed by atoms with van der Waals surface area (Å²) in [6, 6.07) is 12.6. The monoisotopic (exact) mass is 415 g/mol. The average molecular weight is 415 g/mol. The molecule has 0 radical (unpaired) electrons. The number of carbonyl (C=O) groups is 1. The van der Waals surface area contributed by atoms with E-state index < -0.39 is 0 Å². The highest BCUT2D eigenvalue weighted by Gasteiger charge is 2.18. The lowest BCUT2D eigenvalue weighted by Crippen LogP contribution is -2.00. The lowest BCUT2D eigenvalue weighted by molar-refractivity contribution is -0.114. The summed E-state index contributed by atoms with van der Waals surface area (Å²) in [7, 11) is 0. The first kappa shape index (κ1) is 20.5. The predicted molar refractivity (Wildman–Crippen MR) is 120 cm³/mol. The van der Waals surface area contributed by atoms with Crippen LogP contribution >= 0.6 is 0 Å². The molecule has 5 nitrogen and oxygen atoms in total. The molecule has 2 aromatic carbocycles. The Balaban J connectivity index is 1.51. The van der Waals surface area contributed by atoms with Crippen molar-refractivity contribution in [3.8, 4) is 11.6 Å². The molecule has 6 heteroatoms. The number of anilines is 2. The lowest BCUT2D eigenvalue weighted by atomic mass is 10.1. The highest BCUT2D eigenvalue weighted by molar-refractivity contribution is 5.93. The summed E-state index contributed by atoms with van der Waals surface area (Å²) < 4.78 is 20.5. The minimum Gasteiger partial charge on any atom is -0.436 e. The third-order valence-electron chi connectivity index (χ3n) is 4.89. The van der Waals surface area contributed by atoms with Crippen LogP contribution in [0.25, 0.3) is 12.2 Å². The fourth-order valence-corrected chi connectivity index (χ4v) is 3.33. The van der Waals surface area contributed by atoms with Crippen LogP contribution in [0.4, 0.5) is 16.0 Å². The Kier molecular flexibility index (Phi) is 5.89. The molecule has 0 amide bonds. The highest BCUT2D eigenvalue weighted by Crippen LogP contribution is 2.34. The third-order valence-corrected chi connectivity index (χ3v) is 4.89. The summed E-state index contributed by atoms with van der Waals surface area (Å²) in [5.41, 5.74) is 4.29. The third kappa shape index (κ3) is 4.86. The Bertz CT molecular complexity index is 1200. The summed E-state index contributed by atoms with van der Waals surface area (Å²) in [5, 5.41) is 3.11. The van der Waals surface area contributed by atoms with E-state index in [-0.39, 0.29) is 23.2 Å². The van der Waals surface area contributed by atoms with Crippen molar-refractivity contribution < 1.29 is 13.9 Å². The van der Waals surface area contributed by atoms with Gasteiger partial charge < -0.3 is 10.1 Å². The summed E-state index contributed by atoms with van der Waals surface area (Å²) >= 11 is 0. The van der Waals surface area contributed by atoms with E-state index in [0.29, 0.717) is 17.9 Å². The van der Waals surface area contributed by atoms with Gasteiger partial charge in [-0.1, -0.05) is 42.8 Å². The maximum atomic E-state index is 14.8. The normalized spacial score (nSPS) is 12.5. The van der Waals surface area contributed by atoms with E-state index in [1.807, 2.05) is 50.3 Å². The zero-order chi connectivity index (χ0) is 21.8. The van der Waals surface area contributed by atoms with Gasteiger partial charge in [-0.25, -0.2) is 9.37 Å². The Hall–Kier alpha value is -3.80. The van der Waals surface area contributed by atoms with Gasteiger partial charge in [0.05, 0.1) is 0 Å². The molecule has 4 rings (SSSR count). The van der Waals surface area contributed by atoms with Crippen LogP contribution in [0.1, 0.15) is 37.0 Å². The minimum absolute atomic E-state index is 0.0657. The maximum Gasteiger partial charge on any atom is 0.230 e. The van der Waals surface area contributed by atoms with Crippen LogP contribution in [0.15, 0.2) is 60.3 Å². The molecule has 0 saturated heterocycles. The van der Waals surface area contributed by atoms with E-state index in [1.54, 1.807) is 30.5 Å². The molecule has 1 aliphatic rings. The van der Waals surface area contributed by atoms with Crippen molar-refractivity contribution in [2.24, 2.45) is 0 Å². The number of ether oxygens (including phenoxy) is 1. The molecule has 0 unspecified atom stereocenters. The van der Waals surface area contributed by atoms with Crippen LogP contribution < -0.4 is 10.1 Å². The first-order valence-corrected chi connectivity index (χ1v) is 10.1. The van der Waals surface area contributed by atoms with Crippen LogP contribution in [-0.2, 0) is 11.2 Å². The minimum atomic E-state index is -0.386. The van der Waals surface area contributed by atoms with Crippen molar-refractivity contribution in [2.75, 3.05) is 5.32 Å². The van der Waals surface area contributed by atoms with E-state index >= 15 is 0 Å². The number of fused-ring (bicyclic) bond motifs is 1. The Morgan fingerprint density at radius 2 is 2.13 bits per heavy atom. The Morgan fingerprint density at radius 1 is 1.26 bits per heavy atom. The maximum absolute atomic E-state index is 14.8. The smallest absolute Gasteiger partial charge is 0.230 e. The van der Waals surface area contributed by atoms with Crippen LogP contribution in [0, 0.1) is 5.82 Å². The molecular formula is C25H22FN3O2. The van der Waals surface area contributed by atoms with Crippen LogP contribution in [0.2, 0.25) is 0 Å². The van der Waals surface area contributed by atoms with Gasteiger partial charge in [0.15, 0.2) is 17.3 Å². The molecule has 0 bridgehead atoms. The van der Waals surface area contributed by atoms with Gasteiger partial charge in [0, 0.05) is 29.9 Å². The number of halogens is 1. The van der Waals surface area contributed by atoms with Crippen LogP contribution in [-0.4, -0.2) is 15.8 Å². The van der Waals surface area contributed by atoms with Crippen molar-refractivity contribution >= 4 is 29.6 Å². The van der Waals surface area contributed by atoms with Gasteiger partial charge in [-0.15, -0.1) is 0 Å². The van der Waals surface area contributed by atoms with E-state index in [1.165, 1.54) is 0 Å². The van der Waals surface area contributed by atoms with E-state index in [0.717, 1.165) is 28.8 Å². The van der Waals surface area contributed by atoms with Gasteiger partial charge in [-0.3, -0.25) is 4.79 Å². The first-order valence-electron chi connectivity index (χ1n) is 10.1. The topological polar surface area (TPSA) is 64.1 Å². The van der Waals surface area contributed by atoms with Crippen molar-refractivity contribution in [2.45, 2.75) is 26.7 Å². The molecule has 3 aromatic rings. The van der Waals surface area contributed by atoms with Gasteiger partial charge >= 0.3 is 0 Å². The molecule has 156 valence electrons. The zero-order valence-corrected chi connectivity index (χ0v) is 17.4. The number of hydrogen-bond donors (Lipinski definition) is 1. The number of ketones is 1. The second-order valence-corrected chi connectivity index (χ2v) is 7.34. The molecule has 1 heterocycles. The molecule has 0 saturated carbocycles. The number of carbonyl (C=O) groups excluding carboxylic acids is 1. The molecule has 0 spiro atoms. The largest absolute Gasteiger partial charge is 0.436 e. The van der Waals surface area contributed by atoms with E-state index in [9.17, 15) is 9.18 Å².